The summed E-state index contributed by atoms with van der Waals surface area (Å²) in [6.45, 7) is 5.92. The second kappa shape index (κ2) is 10.7. The van der Waals surface area contributed by atoms with Crippen LogP contribution >= 0.6 is 0 Å². The number of aromatic hydroxyl groups is 4. The maximum absolute atomic E-state index is 14.0. The molecule has 0 saturated carbocycles. The Kier molecular flexibility index (Phi) is 7.24. The fraction of sp³-hybridized carbons (Fsp3) is 0.176. The van der Waals surface area contributed by atoms with Crippen molar-refractivity contribution in [3.63, 3.8) is 0 Å². The van der Waals surface area contributed by atoms with E-state index in [1.807, 2.05) is 18.2 Å². The van der Waals surface area contributed by atoms with E-state index in [-0.39, 0.29) is 75.5 Å². The maximum atomic E-state index is 14.0. The van der Waals surface area contributed by atoms with E-state index in [4.69, 9.17) is 0 Å². The van der Waals surface area contributed by atoms with Gasteiger partial charge in [0.15, 0.2) is 11.6 Å². The van der Waals surface area contributed by atoms with Crippen LogP contribution in [0.15, 0.2) is 54.6 Å². The van der Waals surface area contributed by atoms with E-state index in [1.54, 1.807) is 26.0 Å². The summed E-state index contributed by atoms with van der Waals surface area (Å²) >= 11 is 0. The van der Waals surface area contributed by atoms with E-state index in [0.717, 1.165) is 5.56 Å². The molecular formula is C34H30FNO6. The first-order valence-electron chi connectivity index (χ1n) is 13.4. The molecule has 1 aromatic heterocycles. The Hall–Kier alpha value is -5.11. The molecule has 0 fully saturated rings. The predicted octanol–water partition coefficient (Wildman–Crippen LogP) is 7.00. The number of rotatable bonds is 7. The summed E-state index contributed by atoms with van der Waals surface area (Å²) in [7, 11) is 0. The maximum Gasteiger partial charge on any atom is 0.163 e. The number of fused-ring (bicyclic) bond motifs is 1. The Labute approximate surface area is 241 Å². The molecule has 5 aromatic rings. The molecule has 8 heteroatoms. The molecule has 0 saturated heterocycles. The number of phenols is 4. The number of carbonyl (C=O) groups excluding carboxylic acids is 2. The van der Waals surface area contributed by atoms with Crippen LogP contribution in [0.1, 0.15) is 68.1 Å². The number of Topliss-reactive ketones (excluding diaryl/α,β-unsaturated/α-hetero) is 2. The molecule has 7 nitrogen and oxygen atoms in total. The largest absolute Gasteiger partial charge is 0.507 e. The van der Waals surface area contributed by atoms with Crippen LogP contribution in [0, 0.1) is 19.7 Å². The van der Waals surface area contributed by atoms with Gasteiger partial charge in [0.25, 0.3) is 0 Å². The highest BCUT2D eigenvalue weighted by Crippen LogP contribution is 2.41. The highest BCUT2D eigenvalue weighted by atomic mass is 19.1. The topological polar surface area (TPSA) is 131 Å². The number of ketones is 2. The third-order valence-corrected chi connectivity index (χ3v) is 7.74. The molecule has 0 radical (unpaired) electrons. The number of aromatic amines is 1. The summed E-state index contributed by atoms with van der Waals surface area (Å²) in [5.41, 5.74) is 4.44. The molecule has 214 valence electrons. The van der Waals surface area contributed by atoms with Crippen LogP contribution in [0.4, 0.5) is 4.39 Å². The van der Waals surface area contributed by atoms with Gasteiger partial charge in [0, 0.05) is 40.6 Å². The number of hydrogen-bond acceptors (Lipinski definition) is 6. The van der Waals surface area contributed by atoms with Crippen LogP contribution in [0.2, 0.25) is 0 Å². The normalized spacial score (nSPS) is 11.3. The number of carbonyl (C=O) groups is 2. The predicted molar refractivity (Wildman–Crippen MR) is 158 cm³/mol. The van der Waals surface area contributed by atoms with Crippen molar-refractivity contribution in [2.75, 3.05) is 0 Å². The molecule has 0 amide bonds. The fourth-order valence-corrected chi connectivity index (χ4v) is 5.46. The second-order valence-electron chi connectivity index (χ2n) is 10.7. The molecule has 4 aromatic carbocycles. The summed E-state index contributed by atoms with van der Waals surface area (Å²) in [5, 5.41) is 44.6. The van der Waals surface area contributed by atoms with Crippen molar-refractivity contribution < 1.29 is 34.4 Å². The zero-order valence-corrected chi connectivity index (χ0v) is 23.6. The Bertz CT molecular complexity index is 1920. The summed E-state index contributed by atoms with van der Waals surface area (Å²) in [4.78, 5) is 27.8. The molecule has 0 aliphatic carbocycles. The standard InChI is InChI=1S/C34H30FNO6/c1-16-10-23(18(3)37)33(41)27(31(16)39)14-26-25-13-21(20-6-5-7-22(35)12-20)8-9-29(25)36-30(26)15-28-32(40)17(2)11-24(19(4)38)34(28)42/h5-13,36,39-42H,14-15H2,1-4H3. The molecule has 0 aliphatic heterocycles. The van der Waals surface area contributed by atoms with Crippen molar-refractivity contribution in [2.45, 2.75) is 40.5 Å². The fourth-order valence-electron chi connectivity index (χ4n) is 5.46. The lowest BCUT2D eigenvalue weighted by molar-refractivity contribution is 0.100. The number of hydrogen-bond donors (Lipinski definition) is 5. The van der Waals surface area contributed by atoms with Gasteiger partial charge in [-0.25, -0.2) is 4.39 Å². The minimum absolute atomic E-state index is 0.0194. The van der Waals surface area contributed by atoms with Crippen molar-refractivity contribution in [1.29, 1.82) is 0 Å². The van der Waals surface area contributed by atoms with Crippen molar-refractivity contribution in [2.24, 2.45) is 0 Å². The van der Waals surface area contributed by atoms with Crippen molar-refractivity contribution in [1.82, 2.24) is 4.98 Å². The first-order valence-corrected chi connectivity index (χ1v) is 13.4. The zero-order valence-electron chi connectivity index (χ0n) is 23.6. The Morgan fingerprint density at radius 3 is 1.79 bits per heavy atom. The first kappa shape index (κ1) is 28.4. The third-order valence-electron chi connectivity index (χ3n) is 7.74. The molecule has 5 rings (SSSR count). The summed E-state index contributed by atoms with van der Waals surface area (Å²) in [6.07, 6.45) is -0.0414. The molecule has 0 unspecified atom stereocenters. The van der Waals surface area contributed by atoms with Gasteiger partial charge in [-0.05, 0) is 91.9 Å². The monoisotopic (exact) mass is 567 g/mol. The van der Waals surface area contributed by atoms with E-state index >= 15 is 0 Å². The summed E-state index contributed by atoms with van der Waals surface area (Å²) in [5.74, 6) is -2.12. The lowest BCUT2D eigenvalue weighted by Gasteiger charge is -2.16. The smallest absolute Gasteiger partial charge is 0.163 e. The van der Waals surface area contributed by atoms with Gasteiger partial charge in [0.2, 0.25) is 0 Å². The number of phenolic OH excluding ortho intramolecular Hbond substituents is 4. The van der Waals surface area contributed by atoms with E-state index in [9.17, 15) is 34.4 Å². The van der Waals surface area contributed by atoms with Crippen molar-refractivity contribution in [3.8, 4) is 34.1 Å². The minimum atomic E-state index is -0.388. The van der Waals surface area contributed by atoms with Gasteiger partial charge in [-0.15, -0.1) is 0 Å². The molecular weight excluding hydrogens is 537 g/mol. The molecule has 0 aliphatic rings. The Morgan fingerprint density at radius 2 is 1.24 bits per heavy atom. The minimum Gasteiger partial charge on any atom is -0.507 e. The molecule has 0 atom stereocenters. The Balaban J connectivity index is 1.76. The van der Waals surface area contributed by atoms with Crippen molar-refractivity contribution >= 4 is 22.5 Å². The molecule has 0 spiro atoms. The van der Waals surface area contributed by atoms with E-state index < -0.39 is 0 Å². The average Bonchev–Trinajstić information content (AvgIpc) is 3.28. The zero-order chi connectivity index (χ0) is 30.5. The number of benzene rings is 4. The van der Waals surface area contributed by atoms with Crippen LogP contribution in [0.3, 0.4) is 0 Å². The van der Waals surface area contributed by atoms with Gasteiger partial charge < -0.3 is 25.4 Å². The van der Waals surface area contributed by atoms with Crippen LogP contribution in [0.25, 0.3) is 22.0 Å². The Morgan fingerprint density at radius 1 is 0.690 bits per heavy atom. The average molecular weight is 568 g/mol. The van der Waals surface area contributed by atoms with Gasteiger partial charge in [-0.3, -0.25) is 9.59 Å². The van der Waals surface area contributed by atoms with E-state index in [2.05, 4.69) is 4.98 Å². The highest BCUT2D eigenvalue weighted by Gasteiger charge is 2.24. The van der Waals surface area contributed by atoms with Crippen LogP contribution in [0.5, 0.6) is 23.0 Å². The molecule has 42 heavy (non-hydrogen) atoms. The lowest BCUT2D eigenvalue weighted by atomic mass is 9.91. The lowest BCUT2D eigenvalue weighted by Crippen LogP contribution is -2.03. The molecule has 0 bridgehead atoms. The van der Waals surface area contributed by atoms with Crippen LogP contribution in [-0.4, -0.2) is 37.0 Å². The van der Waals surface area contributed by atoms with Crippen LogP contribution < -0.4 is 0 Å². The van der Waals surface area contributed by atoms with Gasteiger partial charge in [0.1, 0.15) is 28.8 Å². The van der Waals surface area contributed by atoms with Crippen LogP contribution in [-0.2, 0) is 12.8 Å². The number of halogens is 1. The number of aryl methyl sites for hydroxylation is 2. The highest BCUT2D eigenvalue weighted by molar-refractivity contribution is 5.99. The second-order valence-corrected chi connectivity index (χ2v) is 10.7. The van der Waals surface area contributed by atoms with Gasteiger partial charge in [-0.1, -0.05) is 18.2 Å². The third kappa shape index (κ3) is 4.96. The number of nitrogens with one attached hydrogen (secondary N) is 1. The molecule has 5 N–H and O–H groups in total. The van der Waals surface area contributed by atoms with Crippen molar-refractivity contribution in [3.05, 3.63) is 105 Å². The quantitative estimate of drug-likeness (QED) is 0.135. The first-order chi connectivity index (χ1) is 19.9. The summed E-state index contributed by atoms with van der Waals surface area (Å²) in [6, 6.07) is 14.5. The van der Waals surface area contributed by atoms with Gasteiger partial charge in [0.05, 0.1) is 11.1 Å². The number of aromatic nitrogens is 1. The summed E-state index contributed by atoms with van der Waals surface area (Å²) < 4.78 is 14.0. The van der Waals surface area contributed by atoms with Gasteiger partial charge in [-0.2, -0.15) is 0 Å². The van der Waals surface area contributed by atoms with Gasteiger partial charge >= 0.3 is 0 Å². The SMILES string of the molecule is CC(=O)c1cc(C)c(O)c(Cc2[nH]c3ccc(-c4cccc(F)c4)cc3c2Cc2c(O)c(C)cc(C(C)=O)c2O)c1O. The number of H-pyrrole nitrogens is 1. The van der Waals surface area contributed by atoms with E-state index in [1.165, 1.54) is 38.1 Å². The molecule has 1 heterocycles. The van der Waals surface area contributed by atoms with E-state index in [0.29, 0.717) is 38.9 Å².